The molecule has 1 atom stereocenters. The second-order valence-corrected chi connectivity index (χ2v) is 5.68. The Morgan fingerprint density at radius 3 is 2.81 bits per heavy atom. The van der Waals surface area contributed by atoms with Gasteiger partial charge in [0.2, 0.25) is 11.8 Å². The fourth-order valence-corrected chi connectivity index (χ4v) is 3.10. The third-order valence-electron chi connectivity index (χ3n) is 3.56. The second kappa shape index (κ2) is 6.76. The maximum atomic E-state index is 11.9. The summed E-state index contributed by atoms with van der Waals surface area (Å²) in [6.07, 6.45) is 3.20. The number of rotatable bonds is 4. The Balaban J connectivity index is 2.31. The van der Waals surface area contributed by atoms with Gasteiger partial charge in [0.1, 0.15) is 0 Å². The topological polar surface area (TPSA) is 72.5 Å². The van der Waals surface area contributed by atoms with E-state index in [0.29, 0.717) is 24.8 Å². The lowest BCUT2D eigenvalue weighted by molar-refractivity contribution is -0.136. The van der Waals surface area contributed by atoms with Crippen LogP contribution in [0.3, 0.4) is 0 Å². The average molecular weight is 307 g/mol. The summed E-state index contributed by atoms with van der Waals surface area (Å²) in [7, 11) is 1.34. The van der Waals surface area contributed by atoms with E-state index in [-0.39, 0.29) is 17.7 Å². The molecule has 1 N–H and O–H groups in total. The van der Waals surface area contributed by atoms with E-state index in [0.717, 1.165) is 10.5 Å². The predicted molar refractivity (Wildman–Crippen MR) is 79.1 cm³/mol. The number of methoxy groups -OCH3 is 1. The minimum absolute atomic E-state index is 0.234. The Bertz CT molecular complexity index is 585. The first-order valence-electron chi connectivity index (χ1n) is 6.64. The van der Waals surface area contributed by atoms with Crippen LogP contribution in [0.4, 0.5) is 0 Å². The molecule has 1 unspecified atom stereocenters. The van der Waals surface area contributed by atoms with E-state index in [9.17, 15) is 14.4 Å². The van der Waals surface area contributed by atoms with Crippen molar-refractivity contribution < 1.29 is 19.1 Å². The molecule has 112 valence electrons. The molecule has 1 aliphatic heterocycles. The lowest BCUT2D eigenvalue weighted by Crippen LogP contribution is -2.41. The van der Waals surface area contributed by atoms with Crippen LogP contribution in [-0.2, 0) is 20.7 Å². The summed E-state index contributed by atoms with van der Waals surface area (Å²) in [5.74, 6) is -1.20. The highest BCUT2D eigenvalue weighted by molar-refractivity contribution is 7.98. The van der Waals surface area contributed by atoms with Crippen molar-refractivity contribution >= 4 is 29.5 Å². The number of hydrogen-bond donors (Lipinski definition) is 1. The van der Waals surface area contributed by atoms with E-state index in [2.05, 4.69) is 5.32 Å². The smallest absolute Gasteiger partial charge is 0.338 e. The van der Waals surface area contributed by atoms with Crippen molar-refractivity contribution in [1.82, 2.24) is 5.32 Å². The number of nitrogens with one attached hydrogen (secondary N) is 1. The van der Waals surface area contributed by atoms with Crippen molar-refractivity contribution in [2.75, 3.05) is 13.4 Å². The highest BCUT2D eigenvalue weighted by Gasteiger charge is 2.29. The van der Waals surface area contributed by atoms with Crippen LogP contribution in [0.1, 0.15) is 28.8 Å². The third-order valence-corrected chi connectivity index (χ3v) is 4.38. The van der Waals surface area contributed by atoms with Crippen molar-refractivity contribution in [2.24, 2.45) is 5.92 Å². The summed E-state index contributed by atoms with van der Waals surface area (Å²) < 4.78 is 4.81. The third kappa shape index (κ3) is 3.44. The number of amides is 2. The molecule has 1 heterocycles. The number of carbonyl (C=O) groups is 3. The molecule has 2 amide bonds. The van der Waals surface area contributed by atoms with Crippen molar-refractivity contribution in [2.45, 2.75) is 24.2 Å². The monoisotopic (exact) mass is 307 g/mol. The molecule has 0 aliphatic carbocycles. The standard InChI is InChI=1S/C15H17NO4S/c1-20-15(19)10-4-3-5-12(21-2)11(10)8-9-6-7-13(17)16-14(9)18/h3-5,9H,6-8H2,1-2H3,(H,16,17,18). The molecule has 6 heteroatoms. The Hall–Kier alpha value is -1.82. The number of esters is 1. The second-order valence-electron chi connectivity index (χ2n) is 4.83. The van der Waals surface area contributed by atoms with Gasteiger partial charge in [0.05, 0.1) is 12.7 Å². The van der Waals surface area contributed by atoms with Gasteiger partial charge in [-0.3, -0.25) is 14.9 Å². The van der Waals surface area contributed by atoms with Crippen LogP contribution in [0.15, 0.2) is 23.1 Å². The van der Waals surface area contributed by atoms with Crippen LogP contribution in [-0.4, -0.2) is 31.1 Å². The van der Waals surface area contributed by atoms with Gasteiger partial charge in [-0.05, 0) is 36.8 Å². The molecular weight excluding hydrogens is 290 g/mol. The van der Waals surface area contributed by atoms with Crippen LogP contribution in [0.2, 0.25) is 0 Å². The van der Waals surface area contributed by atoms with E-state index >= 15 is 0 Å². The quantitative estimate of drug-likeness (QED) is 0.521. The van der Waals surface area contributed by atoms with Gasteiger partial charge in [-0.2, -0.15) is 0 Å². The van der Waals surface area contributed by atoms with Crippen molar-refractivity contribution in [3.63, 3.8) is 0 Å². The summed E-state index contributed by atoms with van der Waals surface area (Å²) in [4.78, 5) is 35.9. The van der Waals surface area contributed by atoms with Gasteiger partial charge in [0, 0.05) is 17.2 Å². The Labute approximate surface area is 127 Å². The Kier molecular flexibility index (Phi) is 5.01. The fourth-order valence-electron chi connectivity index (χ4n) is 2.45. The van der Waals surface area contributed by atoms with Crippen LogP contribution in [0.5, 0.6) is 0 Å². The predicted octanol–water partition coefficient (Wildman–Crippen LogP) is 1.79. The molecular formula is C15H17NO4S. The number of thioether (sulfide) groups is 1. The van der Waals surface area contributed by atoms with Crippen molar-refractivity contribution in [3.05, 3.63) is 29.3 Å². The number of imide groups is 1. The molecule has 1 aliphatic rings. The molecule has 0 aromatic heterocycles. The van der Waals surface area contributed by atoms with Crippen LogP contribution < -0.4 is 5.32 Å². The van der Waals surface area contributed by atoms with E-state index in [1.165, 1.54) is 18.9 Å². The summed E-state index contributed by atoms with van der Waals surface area (Å²) in [6, 6.07) is 5.41. The van der Waals surface area contributed by atoms with Gasteiger partial charge in [0.15, 0.2) is 0 Å². The molecule has 2 rings (SSSR count). The zero-order valence-electron chi connectivity index (χ0n) is 12.0. The number of benzene rings is 1. The number of hydrogen-bond acceptors (Lipinski definition) is 5. The number of carbonyl (C=O) groups excluding carboxylic acids is 3. The average Bonchev–Trinajstić information content (AvgIpc) is 2.49. The molecule has 0 saturated carbocycles. The molecule has 0 radical (unpaired) electrons. The van der Waals surface area contributed by atoms with E-state index in [4.69, 9.17) is 4.74 Å². The molecule has 1 saturated heterocycles. The molecule has 21 heavy (non-hydrogen) atoms. The molecule has 0 bridgehead atoms. The maximum absolute atomic E-state index is 11.9. The summed E-state index contributed by atoms with van der Waals surface area (Å²) in [5.41, 5.74) is 1.29. The first kappa shape index (κ1) is 15.6. The zero-order chi connectivity index (χ0) is 15.4. The normalized spacial score (nSPS) is 18.3. The first-order chi connectivity index (χ1) is 10.1. The minimum atomic E-state index is -0.409. The lowest BCUT2D eigenvalue weighted by Gasteiger charge is -2.22. The highest BCUT2D eigenvalue weighted by atomic mass is 32.2. The summed E-state index contributed by atoms with van der Waals surface area (Å²) in [6.45, 7) is 0. The first-order valence-corrected chi connectivity index (χ1v) is 7.87. The molecule has 0 spiro atoms. The SMILES string of the molecule is COC(=O)c1cccc(SC)c1CC1CCC(=O)NC1=O. The van der Waals surface area contributed by atoms with Gasteiger partial charge < -0.3 is 4.74 Å². The molecule has 1 aromatic carbocycles. The number of ether oxygens (including phenoxy) is 1. The lowest BCUT2D eigenvalue weighted by atomic mass is 9.89. The minimum Gasteiger partial charge on any atom is -0.465 e. The molecule has 1 fully saturated rings. The highest BCUT2D eigenvalue weighted by Crippen LogP contribution is 2.29. The van der Waals surface area contributed by atoms with Gasteiger partial charge in [-0.25, -0.2) is 4.79 Å². The zero-order valence-corrected chi connectivity index (χ0v) is 12.8. The van der Waals surface area contributed by atoms with Crippen LogP contribution >= 0.6 is 11.8 Å². The molecule has 5 nitrogen and oxygen atoms in total. The maximum Gasteiger partial charge on any atom is 0.338 e. The molecule has 1 aromatic rings. The van der Waals surface area contributed by atoms with E-state index in [1.54, 1.807) is 12.1 Å². The Morgan fingerprint density at radius 2 is 2.19 bits per heavy atom. The van der Waals surface area contributed by atoms with Gasteiger partial charge in [-0.1, -0.05) is 6.07 Å². The van der Waals surface area contributed by atoms with Gasteiger partial charge in [0.25, 0.3) is 0 Å². The van der Waals surface area contributed by atoms with E-state index < -0.39 is 5.97 Å². The van der Waals surface area contributed by atoms with Crippen LogP contribution in [0.25, 0.3) is 0 Å². The van der Waals surface area contributed by atoms with Gasteiger partial charge >= 0.3 is 5.97 Å². The van der Waals surface area contributed by atoms with Crippen LogP contribution in [0, 0.1) is 5.92 Å². The van der Waals surface area contributed by atoms with Crippen molar-refractivity contribution in [3.8, 4) is 0 Å². The van der Waals surface area contributed by atoms with Gasteiger partial charge in [-0.15, -0.1) is 11.8 Å². The summed E-state index contributed by atoms with van der Waals surface area (Å²) in [5, 5.41) is 2.35. The fraction of sp³-hybridized carbons (Fsp3) is 0.400. The Morgan fingerprint density at radius 1 is 1.43 bits per heavy atom. The number of piperidine rings is 1. The summed E-state index contributed by atoms with van der Waals surface area (Å²) >= 11 is 1.52. The largest absolute Gasteiger partial charge is 0.465 e. The van der Waals surface area contributed by atoms with E-state index in [1.807, 2.05) is 12.3 Å². The van der Waals surface area contributed by atoms with Crippen molar-refractivity contribution in [1.29, 1.82) is 0 Å².